The maximum Gasteiger partial charge on any atom is 0.416 e. The lowest BCUT2D eigenvalue weighted by molar-refractivity contribution is -0.137. The van der Waals surface area contributed by atoms with E-state index in [0.29, 0.717) is 18.3 Å². The molecule has 112 valence electrons. The van der Waals surface area contributed by atoms with Crippen molar-refractivity contribution >= 4 is 5.69 Å². The van der Waals surface area contributed by atoms with Crippen molar-refractivity contribution < 1.29 is 17.6 Å². The van der Waals surface area contributed by atoms with E-state index >= 15 is 0 Å². The van der Waals surface area contributed by atoms with E-state index in [4.69, 9.17) is 0 Å². The topological polar surface area (TPSA) is 6.48 Å². The molecule has 2 nitrogen and oxygen atoms in total. The molecule has 0 aliphatic carbocycles. The highest BCUT2D eigenvalue weighted by Gasteiger charge is 2.33. The summed E-state index contributed by atoms with van der Waals surface area (Å²) in [6, 6.07) is 2.98. The van der Waals surface area contributed by atoms with Crippen molar-refractivity contribution in [2.75, 3.05) is 25.0 Å². The van der Waals surface area contributed by atoms with Gasteiger partial charge in [-0.2, -0.15) is 13.2 Å². The van der Waals surface area contributed by atoms with Crippen molar-refractivity contribution in [3.8, 4) is 0 Å². The van der Waals surface area contributed by atoms with Gasteiger partial charge in [0, 0.05) is 30.9 Å². The quantitative estimate of drug-likeness (QED) is 0.732. The van der Waals surface area contributed by atoms with Gasteiger partial charge in [0.25, 0.3) is 0 Å². The van der Waals surface area contributed by atoms with Gasteiger partial charge in [0.05, 0.1) is 5.56 Å². The standard InChI is InChI=1S/C14H18F4N2/c1-9-8-20(10(2)7-19(9)3)13-5-11(14(16,17)18)4-12(15)6-13/h4-6,9-10H,7-8H2,1-3H3. The fourth-order valence-electron chi connectivity index (χ4n) is 2.56. The van der Waals surface area contributed by atoms with Gasteiger partial charge in [0.1, 0.15) is 5.82 Å². The van der Waals surface area contributed by atoms with E-state index in [-0.39, 0.29) is 12.1 Å². The first kappa shape index (κ1) is 15.1. The van der Waals surface area contributed by atoms with Crippen LogP contribution in [0.1, 0.15) is 19.4 Å². The number of hydrogen-bond donors (Lipinski definition) is 0. The van der Waals surface area contributed by atoms with Crippen molar-refractivity contribution in [3.05, 3.63) is 29.6 Å². The Kier molecular flexibility index (Phi) is 3.95. The molecule has 0 spiro atoms. The molecule has 0 radical (unpaired) electrons. The van der Waals surface area contributed by atoms with Crippen LogP contribution in [0.5, 0.6) is 0 Å². The lowest BCUT2D eigenvalue weighted by Crippen LogP contribution is -2.55. The van der Waals surface area contributed by atoms with Gasteiger partial charge < -0.3 is 4.90 Å². The molecule has 2 unspecified atom stereocenters. The van der Waals surface area contributed by atoms with E-state index < -0.39 is 17.6 Å². The smallest absolute Gasteiger partial charge is 0.366 e. The Morgan fingerprint density at radius 2 is 1.70 bits per heavy atom. The van der Waals surface area contributed by atoms with Gasteiger partial charge in [0.15, 0.2) is 0 Å². The van der Waals surface area contributed by atoms with Crippen molar-refractivity contribution in [1.29, 1.82) is 0 Å². The summed E-state index contributed by atoms with van der Waals surface area (Å²) in [5, 5.41) is 0. The average Bonchev–Trinajstić information content (AvgIpc) is 2.32. The van der Waals surface area contributed by atoms with Crippen LogP contribution in [0.3, 0.4) is 0 Å². The maximum atomic E-state index is 13.5. The van der Waals surface area contributed by atoms with E-state index in [1.54, 1.807) is 0 Å². The second-order valence-corrected chi connectivity index (χ2v) is 5.49. The summed E-state index contributed by atoms with van der Waals surface area (Å²) in [6.45, 7) is 5.25. The van der Waals surface area contributed by atoms with E-state index in [0.717, 1.165) is 12.6 Å². The molecule has 20 heavy (non-hydrogen) atoms. The molecule has 6 heteroatoms. The van der Waals surface area contributed by atoms with Gasteiger partial charge in [-0.15, -0.1) is 0 Å². The summed E-state index contributed by atoms with van der Waals surface area (Å²) in [7, 11) is 1.98. The third-order valence-electron chi connectivity index (χ3n) is 3.84. The fourth-order valence-corrected chi connectivity index (χ4v) is 2.56. The number of benzene rings is 1. The number of hydrogen-bond acceptors (Lipinski definition) is 2. The minimum absolute atomic E-state index is 0.0408. The summed E-state index contributed by atoms with van der Waals surface area (Å²) in [6.07, 6.45) is -4.53. The highest BCUT2D eigenvalue weighted by molar-refractivity contribution is 5.51. The lowest BCUT2D eigenvalue weighted by atomic mass is 10.1. The summed E-state index contributed by atoms with van der Waals surface area (Å²) in [5.74, 6) is -0.853. The molecule has 0 N–H and O–H groups in total. The van der Waals surface area contributed by atoms with Crippen LogP contribution in [0.2, 0.25) is 0 Å². The van der Waals surface area contributed by atoms with Gasteiger partial charge in [-0.25, -0.2) is 4.39 Å². The van der Waals surface area contributed by atoms with Crippen LogP contribution in [0.15, 0.2) is 18.2 Å². The van der Waals surface area contributed by atoms with Gasteiger partial charge in [-0.05, 0) is 39.1 Å². The predicted octanol–water partition coefficient (Wildman–Crippen LogP) is 3.37. The third-order valence-corrected chi connectivity index (χ3v) is 3.84. The van der Waals surface area contributed by atoms with Crippen LogP contribution in [-0.4, -0.2) is 37.1 Å². The molecular weight excluding hydrogens is 272 g/mol. The van der Waals surface area contributed by atoms with Crippen LogP contribution < -0.4 is 4.90 Å². The van der Waals surface area contributed by atoms with Gasteiger partial charge in [0.2, 0.25) is 0 Å². The largest absolute Gasteiger partial charge is 0.416 e. The number of halogens is 4. The SMILES string of the molecule is CC1CN(c2cc(F)cc(C(F)(F)F)c2)C(C)CN1C. The second-order valence-electron chi connectivity index (χ2n) is 5.49. The molecule has 2 atom stereocenters. The first-order chi connectivity index (χ1) is 9.18. The van der Waals surface area contributed by atoms with E-state index in [1.165, 1.54) is 6.07 Å². The summed E-state index contributed by atoms with van der Waals surface area (Å²) >= 11 is 0. The summed E-state index contributed by atoms with van der Waals surface area (Å²) in [4.78, 5) is 3.98. The van der Waals surface area contributed by atoms with Crippen LogP contribution >= 0.6 is 0 Å². The lowest BCUT2D eigenvalue weighted by Gasteiger charge is -2.44. The second kappa shape index (κ2) is 5.24. The molecule has 2 rings (SSSR count). The molecule has 0 aromatic heterocycles. The normalized spacial score (nSPS) is 25.1. The van der Waals surface area contributed by atoms with E-state index in [1.807, 2.05) is 25.8 Å². The number of nitrogens with zero attached hydrogens (tertiary/aromatic N) is 2. The zero-order chi connectivity index (χ0) is 15.1. The Morgan fingerprint density at radius 3 is 2.30 bits per heavy atom. The molecule has 0 bridgehead atoms. The number of alkyl halides is 3. The molecule has 0 saturated carbocycles. The molecule has 1 aromatic rings. The minimum Gasteiger partial charge on any atom is -0.366 e. The van der Waals surface area contributed by atoms with Gasteiger partial charge >= 0.3 is 6.18 Å². The van der Waals surface area contributed by atoms with Crippen molar-refractivity contribution in [3.63, 3.8) is 0 Å². The molecule has 1 saturated heterocycles. The highest BCUT2D eigenvalue weighted by atomic mass is 19.4. The zero-order valence-corrected chi connectivity index (χ0v) is 11.7. The predicted molar refractivity (Wildman–Crippen MR) is 70.3 cm³/mol. The van der Waals surface area contributed by atoms with E-state index in [9.17, 15) is 17.6 Å². The highest BCUT2D eigenvalue weighted by Crippen LogP contribution is 2.33. The maximum absolute atomic E-state index is 13.5. The molecule has 1 fully saturated rings. The van der Waals surface area contributed by atoms with Crippen LogP contribution in [0.4, 0.5) is 23.2 Å². The fraction of sp³-hybridized carbons (Fsp3) is 0.571. The van der Waals surface area contributed by atoms with E-state index in [2.05, 4.69) is 4.90 Å². The number of rotatable bonds is 1. The first-order valence-corrected chi connectivity index (χ1v) is 6.53. The van der Waals surface area contributed by atoms with Gasteiger partial charge in [-0.1, -0.05) is 0 Å². The Labute approximate surface area is 116 Å². The Bertz CT molecular complexity index is 487. The molecule has 1 aliphatic rings. The van der Waals surface area contributed by atoms with Crippen LogP contribution in [0.25, 0.3) is 0 Å². The Hall–Kier alpha value is -1.30. The summed E-state index contributed by atoms with van der Waals surface area (Å²) in [5.41, 5.74) is -0.643. The average molecular weight is 290 g/mol. The number of piperazine rings is 1. The van der Waals surface area contributed by atoms with Crippen LogP contribution in [0, 0.1) is 5.82 Å². The summed E-state index contributed by atoms with van der Waals surface area (Å²) < 4.78 is 51.7. The Morgan fingerprint density at radius 1 is 1.05 bits per heavy atom. The molecule has 1 aromatic carbocycles. The zero-order valence-electron chi connectivity index (χ0n) is 11.7. The first-order valence-electron chi connectivity index (χ1n) is 6.53. The molecule has 1 aliphatic heterocycles. The van der Waals surface area contributed by atoms with Crippen molar-refractivity contribution in [2.24, 2.45) is 0 Å². The molecule has 0 amide bonds. The van der Waals surface area contributed by atoms with Crippen LogP contribution in [-0.2, 0) is 6.18 Å². The third kappa shape index (κ3) is 3.06. The molecular formula is C14H18F4N2. The minimum atomic E-state index is -4.53. The number of anilines is 1. The number of likely N-dealkylation sites (N-methyl/N-ethyl adjacent to an activating group) is 1. The molecule has 1 heterocycles. The monoisotopic (exact) mass is 290 g/mol. The Balaban J connectivity index is 2.35. The van der Waals surface area contributed by atoms with Crippen molar-refractivity contribution in [2.45, 2.75) is 32.1 Å². The van der Waals surface area contributed by atoms with Crippen molar-refractivity contribution in [1.82, 2.24) is 4.90 Å². The van der Waals surface area contributed by atoms with Gasteiger partial charge in [-0.3, -0.25) is 4.90 Å².